The average Bonchev–Trinajstić information content (AvgIpc) is 2.93. The summed E-state index contributed by atoms with van der Waals surface area (Å²) >= 11 is 0. The van der Waals surface area contributed by atoms with E-state index in [0.29, 0.717) is 0 Å². The van der Waals surface area contributed by atoms with E-state index >= 15 is 0 Å². The number of aromatic nitrogens is 1. The molecule has 3 rings (SSSR count). The third-order valence-electron chi connectivity index (χ3n) is 3.88. The number of fused-ring (bicyclic) bond motifs is 1. The molecule has 1 aromatic carbocycles. The Morgan fingerprint density at radius 2 is 2.00 bits per heavy atom. The summed E-state index contributed by atoms with van der Waals surface area (Å²) in [5, 5.41) is 9.96. The molecule has 0 atom stereocenters. The lowest BCUT2D eigenvalue weighted by molar-refractivity contribution is -0.137. The average molecular weight is 365 g/mol. The van der Waals surface area contributed by atoms with Gasteiger partial charge in [-0.2, -0.15) is 13.2 Å². The molecule has 8 heteroatoms. The number of hydrogen-bond donors (Lipinski definition) is 1. The largest absolute Gasteiger partial charge is 0.480 e. The van der Waals surface area contributed by atoms with Gasteiger partial charge >= 0.3 is 12.1 Å². The van der Waals surface area contributed by atoms with Crippen LogP contribution in [0.3, 0.4) is 0 Å². The summed E-state index contributed by atoms with van der Waals surface area (Å²) in [5.41, 5.74) is -1.17. The first-order valence-corrected chi connectivity index (χ1v) is 7.70. The molecule has 0 aliphatic carbocycles. The van der Waals surface area contributed by atoms with Crippen molar-refractivity contribution in [1.82, 2.24) is 4.98 Å². The van der Waals surface area contributed by atoms with Crippen LogP contribution in [0, 0.1) is 6.92 Å². The van der Waals surface area contributed by atoms with Crippen molar-refractivity contribution >= 4 is 16.9 Å². The first-order valence-electron chi connectivity index (χ1n) is 7.70. The maximum Gasteiger partial charge on any atom is 0.417 e. The molecule has 0 aliphatic heterocycles. The predicted octanol–water partition coefficient (Wildman–Crippen LogP) is 4.70. The molecule has 0 spiro atoms. The summed E-state index contributed by atoms with van der Waals surface area (Å²) in [7, 11) is 0. The number of furan rings is 1. The van der Waals surface area contributed by atoms with Gasteiger partial charge in [-0.1, -0.05) is 18.2 Å². The van der Waals surface area contributed by atoms with Gasteiger partial charge in [0.15, 0.2) is 0 Å². The number of ether oxygens (including phenoxy) is 1. The highest BCUT2D eigenvalue weighted by Crippen LogP contribution is 2.44. The quantitative estimate of drug-likeness (QED) is 0.681. The number of halogens is 3. The van der Waals surface area contributed by atoms with Crippen molar-refractivity contribution in [2.45, 2.75) is 20.0 Å². The summed E-state index contributed by atoms with van der Waals surface area (Å²) in [5.74, 6) is -1.45. The minimum absolute atomic E-state index is 0.0358. The van der Waals surface area contributed by atoms with Crippen LogP contribution in [-0.4, -0.2) is 22.7 Å². The third kappa shape index (κ3) is 2.87. The molecule has 26 heavy (non-hydrogen) atoms. The smallest absolute Gasteiger partial charge is 0.417 e. The van der Waals surface area contributed by atoms with E-state index in [1.54, 1.807) is 6.92 Å². The summed E-state index contributed by atoms with van der Waals surface area (Å²) in [6.45, 7) is 3.10. The molecule has 2 heterocycles. The molecule has 0 aliphatic rings. The fourth-order valence-electron chi connectivity index (χ4n) is 2.87. The van der Waals surface area contributed by atoms with Crippen molar-refractivity contribution in [1.29, 1.82) is 0 Å². The maximum absolute atomic E-state index is 13.5. The SMILES string of the molecule is CCOC(=O)c1c(C)nc2coc(O)c2c1-c1ccccc1C(F)(F)F. The van der Waals surface area contributed by atoms with Crippen molar-refractivity contribution in [3.63, 3.8) is 0 Å². The molecular weight excluding hydrogens is 351 g/mol. The second-order valence-electron chi connectivity index (χ2n) is 5.51. The fraction of sp³-hybridized carbons (Fsp3) is 0.222. The van der Waals surface area contributed by atoms with Crippen LogP contribution in [-0.2, 0) is 10.9 Å². The number of nitrogens with zero attached hydrogens (tertiary/aromatic N) is 1. The van der Waals surface area contributed by atoms with Crippen molar-refractivity contribution < 1.29 is 32.2 Å². The van der Waals surface area contributed by atoms with Crippen LogP contribution in [0.25, 0.3) is 22.0 Å². The lowest BCUT2D eigenvalue weighted by Crippen LogP contribution is -2.13. The van der Waals surface area contributed by atoms with Crippen LogP contribution in [0.1, 0.15) is 28.5 Å². The number of esters is 1. The van der Waals surface area contributed by atoms with Gasteiger partial charge in [-0.3, -0.25) is 0 Å². The molecule has 0 radical (unpaired) electrons. The molecule has 1 N–H and O–H groups in total. The van der Waals surface area contributed by atoms with Crippen molar-refractivity contribution in [2.24, 2.45) is 0 Å². The van der Waals surface area contributed by atoms with Gasteiger partial charge in [0, 0.05) is 5.56 Å². The third-order valence-corrected chi connectivity index (χ3v) is 3.88. The zero-order valence-corrected chi connectivity index (χ0v) is 13.8. The molecule has 0 saturated heterocycles. The zero-order chi connectivity index (χ0) is 19.1. The van der Waals surface area contributed by atoms with E-state index < -0.39 is 23.7 Å². The van der Waals surface area contributed by atoms with Gasteiger partial charge in [-0.15, -0.1) is 0 Å². The Bertz CT molecular complexity index is 992. The molecule has 0 bridgehead atoms. The lowest BCUT2D eigenvalue weighted by Gasteiger charge is -2.17. The van der Waals surface area contributed by atoms with Crippen LogP contribution in [0.5, 0.6) is 5.95 Å². The Morgan fingerprint density at radius 1 is 1.31 bits per heavy atom. The summed E-state index contributed by atoms with van der Waals surface area (Å²) in [4.78, 5) is 16.6. The highest BCUT2D eigenvalue weighted by Gasteiger charge is 2.36. The van der Waals surface area contributed by atoms with Gasteiger partial charge in [0.1, 0.15) is 11.8 Å². The Kier molecular flexibility index (Phi) is 4.35. The molecule has 136 valence electrons. The van der Waals surface area contributed by atoms with E-state index in [-0.39, 0.29) is 39.9 Å². The van der Waals surface area contributed by atoms with Crippen LogP contribution >= 0.6 is 0 Å². The Morgan fingerprint density at radius 3 is 2.65 bits per heavy atom. The number of benzene rings is 1. The number of pyridine rings is 1. The van der Waals surface area contributed by atoms with Crippen molar-refractivity contribution in [3.05, 3.63) is 47.3 Å². The van der Waals surface area contributed by atoms with E-state index in [0.717, 1.165) is 12.3 Å². The molecule has 2 aromatic heterocycles. The summed E-state index contributed by atoms with van der Waals surface area (Å²) < 4.78 is 50.5. The van der Waals surface area contributed by atoms with Gasteiger partial charge < -0.3 is 14.3 Å². The number of alkyl halides is 3. The Labute approximate surface area is 146 Å². The summed E-state index contributed by atoms with van der Waals surface area (Å²) in [6, 6.07) is 4.80. The molecule has 5 nitrogen and oxygen atoms in total. The van der Waals surface area contributed by atoms with Crippen LogP contribution in [0.4, 0.5) is 13.2 Å². The highest BCUT2D eigenvalue weighted by molar-refractivity contribution is 6.09. The van der Waals surface area contributed by atoms with Crippen molar-refractivity contribution in [3.8, 4) is 17.1 Å². The number of aryl methyl sites for hydroxylation is 1. The van der Waals surface area contributed by atoms with E-state index in [1.807, 2.05) is 0 Å². The Hall–Kier alpha value is -3.03. The first kappa shape index (κ1) is 17.8. The molecular formula is C18H14F3NO4. The maximum atomic E-state index is 13.5. The van der Waals surface area contributed by atoms with E-state index in [9.17, 15) is 23.1 Å². The number of hydrogen-bond acceptors (Lipinski definition) is 5. The van der Waals surface area contributed by atoms with Gasteiger partial charge in [0.25, 0.3) is 5.95 Å². The second-order valence-corrected chi connectivity index (χ2v) is 5.51. The van der Waals surface area contributed by atoms with E-state index in [1.165, 1.54) is 25.1 Å². The van der Waals surface area contributed by atoms with Crippen LogP contribution in [0.15, 0.2) is 34.9 Å². The highest BCUT2D eigenvalue weighted by atomic mass is 19.4. The van der Waals surface area contributed by atoms with Gasteiger partial charge in [-0.25, -0.2) is 9.78 Å². The predicted molar refractivity (Wildman–Crippen MR) is 86.8 cm³/mol. The Balaban J connectivity index is 2.47. The molecule has 0 saturated carbocycles. The monoisotopic (exact) mass is 365 g/mol. The van der Waals surface area contributed by atoms with Gasteiger partial charge in [0.2, 0.25) is 0 Å². The minimum Gasteiger partial charge on any atom is -0.480 e. The summed E-state index contributed by atoms with van der Waals surface area (Å²) in [6.07, 6.45) is -3.54. The molecule has 0 amide bonds. The number of aromatic hydroxyl groups is 1. The second kappa shape index (κ2) is 6.36. The van der Waals surface area contributed by atoms with Gasteiger partial charge in [-0.05, 0) is 25.5 Å². The topological polar surface area (TPSA) is 72.6 Å². The minimum atomic E-state index is -4.66. The number of carbonyl (C=O) groups is 1. The first-order chi connectivity index (χ1) is 12.3. The molecule has 3 aromatic rings. The number of carbonyl (C=O) groups excluding carboxylic acids is 1. The normalized spacial score (nSPS) is 11.7. The standard InChI is InChI=1S/C18H14F3NO4/c1-3-25-16(23)13-9(2)22-12-8-26-17(24)15(12)14(13)10-6-4-5-7-11(10)18(19,20)21/h4-8,24H,3H2,1-2H3. The zero-order valence-electron chi connectivity index (χ0n) is 13.8. The van der Waals surface area contributed by atoms with E-state index in [4.69, 9.17) is 9.15 Å². The van der Waals surface area contributed by atoms with Crippen LogP contribution in [0.2, 0.25) is 0 Å². The molecule has 0 unspecified atom stereocenters. The number of rotatable bonds is 3. The lowest BCUT2D eigenvalue weighted by atomic mass is 9.92. The molecule has 0 fully saturated rings. The van der Waals surface area contributed by atoms with Crippen molar-refractivity contribution in [2.75, 3.05) is 6.61 Å². The van der Waals surface area contributed by atoms with E-state index in [2.05, 4.69) is 4.98 Å². The fourth-order valence-corrected chi connectivity index (χ4v) is 2.87. The van der Waals surface area contributed by atoms with Crippen LogP contribution < -0.4 is 0 Å². The van der Waals surface area contributed by atoms with Gasteiger partial charge in [0.05, 0.1) is 28.8 Å².